The molecule has 0 saturated heterocycles. The lowest BCUT2D eigenvalue weighted by Gasteiger charge is -2.36. The second kappa shape index (κ2) is 7.07. The zero-order valence-corrected chi connectivity index (χ0v) is 15.6. The van der Waals surface area contributed by atoms with E-state index in [0.717, 1.165) is 0 Å². The maximum absolute atomic E-state index is 10.8. The van der Waals surface area contributed by atoms with E-state index in [0.29, 0.717) is 24.5 Å². The number of aromatic nitrogens is 1. The van der Waals surface area contributed by atoms with Crippen molar-refractivity contribution in [1.29, 1.82) is 0 Å². The Labute approximate surface area is 133 Å². The molecule has 1 heterocycles. The van der Waals surface area contributed by atoms with Gasteiger partial charge in [-0.25, -0.2) is 0 Å². The van der Waals surface area contributed by atoms with Gasteiger partial charge in [0.1, 0.15) is 18.1 Å². The van der Waals surface area contributed by atoms with Gasteiger partial charge in [-0.2, -0.15) is 8.42 Å². The quantitative estimate of drug-likeness (QED) is 0.464. The molecule has 6 nitrogen and oxygen atoms in total. The fourth-order valence-corrected chi connectivity index (χ4v) is 3.11. The fourth-order valence-electron chi connectivity index (χ4n) is 1.51. The zero-order valence-electron chi connectivity index (χ0n) is 13.8. The van der Waals surface area contributed by atoms with Crippen molar-refractivity contribution in [3.63, 3.8) is 0 Å². The lowest BCUT2D eigenvalue weighted by molar-refractivity contribution is 0.203. The van der Waals surface area contributed by atoms with Crippen molar-refractivity contribution < 1.29 is 22.1 Å². The molecule has 126 valence electrons. The molecule has 22 heavy (non-hydrogen) atoms. The molecule has 0 amide bonds. The Hall–Kier alpha value is -0.963. The zero-order chi connectivity index (χ0) is 17.0. The predicted molar refractivity (Wildman–Crippen MR) is 88.1 cm³/mol. The van der Waals surface area contributed by atoms with Crippen molar-refractivity contribution >= 4 is 18.4 Å². The smallest absolute Gasteiger partial charge is 0.269 e. The van der Waals surface area contributed by atoms with Crippen LogP contribution in [-0.4, -0.2) is 39.5 Å². The number of rotatable bonds is 7. The fraction of sp³-hybridized carbons (Fsp3) is 0.643. The van der Waals surface area contributed by atoms with Crippen LogP contribution in [-0.2, 0) is 20.3 Å². The molecule has 0 aromatic carbocycles. The van der Waals surface area contributed by atoms with Crippen molar-refractivity contribution in [2.75, 3.05) is 13.2 Å². The SMILES string of the molecule is CC(C)(C)[Si](C)(C)OCCOc1cncc(CS(=O)(=O)O)c1. The van der Waals surface area contributed by atoms with Crippen molar-refractivity contribution in [1.82, 2.24) is 4.98 Å². The first-order valence-corrected chi connectivity index (χ1v) is 11.6. The molecule has 1 aromatic rings. The minimum absolute atomic E-state index is 0.143. The van der Waals surface area contributed by atoms with E-state index in [1.807, 2.05) is 0 Å². The van der Waals surface area contributed by atoms with Gasteiger partial charge in [0.2, 0.25) is 0 Å². The Morgan fingerprint density at radius 1 is 1.23 bits per heavy atom. The number of nitrogens with zero attached hydrogens (tertiary/aromatic N) is 1. The van der Waals surface area contributed by atoms with Crippen molar-refractivity contribution in [2.45, 2.75) is 44.7 Å². The predicted octanol–water partition coefficient (Wildman–Crippen LogP) is 2.87. The van der Waals surface area contributed by atoms with Crippen LogP contribution in [0.4, 0.5) is 0 Å². The van der Waals surface area contributed by atoms with Gasteiger partial charge in [-0.3, -0.25) is 9.54 Å². The van der Waals surface area contributed by atoms with E-state index in [1.165, 1.54) is 12.4 Å². The van der Waals surface area contributed by atoms with Gasteiger partial charge in [-0.05, 0) is 29.8 Å². The molecule has 1 rings (SSSR count). The number of hydrogen-bond acceptors (Lipinski definition) is 5. The molecule has 0 saturated carbocycles. The van der Waals surface area contributed by atoms with Crippen molar-refractivity contribution in [3.8, 4) is 5.75 Å². The molecule has 1 N–H and O–H groups in total. The highest BCUT2D eigenvalue weighted by Gasteiger charge is 2.36. The highest BCUT2D eigenvalue weighted by molar-refractivity contribution is 7.85. The summed E-state index contributed by atoms with van der Waals surface area (Å²) in [4.78, 5) is 3.90. The van der Waals surface area contributed by atoms with Crippen LogP contribution >= 0.6 is 0 Å². The second-order valence-corrected chi connectivity index (χ2v) is 13.0. The Morgan fingerprint density at radius 3 is 2.41 bits per heavy atom. The van der Waals surface area contributed by atoms with Gasteiger partial charge in [0, 0.05) is 6.20 Å². The molecule has 0 aliphatic carbocycles. The first-order chi connectivity index (χ1) is 9.91. The van der Waals surface area contributed by atoms with Crippen LogP contribution in [0.5, 0.6) is 5.75 Å². The van der Waals surface area contributed by atoms with Crippen LogP contribution in [0.1, 0.15) is 26.3 Å². The first-order valence-electron chi connectivity index (χ1n) is 7.06. The summed E-state index contributed by atoms with van der Waals surface area (Å²) in [6.45, 7) is 11.7. The molecule has 0 spiro atoms. The Balaban J connectivity index is 2.51. The Morgan fingerprint density at radius 2 is 1.86 bits per heavy atom. The lowest BCUT2D eigenvalue weighted by Crippen LogP contribution is -2.41. The van der Waals surface area contributed by atoms with E-state index < -0.39 is 24.2 Å². The van der Waals surface area contributed by atoms with Gasteiger partial charge in [-0.15, -0.1) is 0 Å². The van der Waals surface area contributed by atoms with Crippen LogP contribution in [0.2, 0.25) is 18.1 Å². The number of ether oxygens (including phenoxy) is 1. The largest absolute Gasteiger partial charge is 0.490 e. The maximum Gasteiger partial charge on any atom is 0.269 e. The van der Waals surface area contributed by atoms with E-state index in [9.17, 15) is 8.42 Å². The van der Waals surface area contributed by atoms with Crippen molar-refractivity contribution in [2.24, 2.45) is 0 Å². The number of hydrogen-bond donors (Lipinski definition) is 1. The molecule has 8 heteroatoms. The maximum atomic E-state index is 10.8. The highest BCUT2D eigenvalue weighted by Crippen LogP contribution is 2.36. The van der Waals surface area contributed by atoms with Crippen LogP contribution in [0.15, 0.2) is 18.5 Å². The average Bonchev–Trinajstić information content (AvgIpc) is 2.31. The summed E-state index contributed by atoms with van der Waals surface area (Å²) in [7, 11) is -5.86. The summed E-state index contributed by atoms with van der Waals surface area (Å²) < 4.78 is 42.0. The van der Waals surface area contributed by atoms with Gasteiger partial charge in [0.05, 0.1) is 12.8 Å². The molecule has 0 aliphatic heterocycles. The Kier molecular flexibility index (Phi) is 6.14. The monoisotopic (exact) mass is 347 g/mol. The molecule has 0 radical (unpaired) electrons. The molecule has 0 aliphatic rings. The topological polar surface area (TPSA) is 85.7 Å². The molecule has 0 atom stereocenters. The van der Waals surface area contributed by atoms with E-state index in [4.69, 9.17) is 13.7 Å². The minimum Gasteiger partial charge on any atom is -0.490 e. The van der Waals surface area contributed by atoms with Crippen molar-refractivity contribution in [3.05, 3.63) is 24.0 Å². The first kappa shape index (κ1) is 19.1. The highest BCUT2D eigenvalue weighted by atomic mass is 32.2. The van der Waals surface area contributed by atoms with E-state index in [2.05, 4.69) is 38.8 Å². The van der Waals surface area contributed by atoms with Crippen LogP contribution in [0, 0.1) is 0 Å². The molecular formula is C14H25NO5SSi. The minimum atomic E-state index is -4.07. The molecule has 0 unspecified atom stereocenters. The summed E-state index contributed by atoms with van der Waals surface area (Å²) in [5.74, 6) is -0.0162. The number of pyridine rings is 1. The summed E-state index contributed by atoms with van der Waals surface area (Å²) in [6, 6.07) is 1.55. The summed E-state index contributed by atoms with van der Waals surface area (Å²) in [5, 5.41) is 0.143. The summed E-state index contributed by atoms with van der Waals surface area (Å²) in [6.07, 6.45) is 2.88. The average molecular weight is 348 g/mol. The standard InChI is InChI=1S/C14H25NO5SSi/c1-14(2,3)22(4,5)20-7-6-19-13-8-12(9-15-10-13)11-21(16,17)18/h8-10H,6-7,11H2,1-5H3,(H,16,17,18). The van der Waals surface area contributed by atoms with Gasteiger partial charge < -0.3 is 9.16 Å². The normalized spacial score (nSPS) is 13.2. The summed E-state index contributed by atoms with van der Waals surface area (Å²) >= 11 is 0. The third-order valence-electron chi connectivity index (χ3n) is 3.74. The van der Waals surface area contributed by atoms with Crippen LogP contribution in [0.3, 0.4) is 0 Å². The molecular weight excluding hydrogens is 322 g/mol. The van der Waals surface area contributed by atoms with Gasteiger partial charge >= 0.3 is 0 Å². The van der Waals surface area contributed by atoms with Gasteiger partial charge in [-0.1, -0.05) is 20.8 Å². The lowest BCUT2D eigenvalue weighted by atomic mass is 10.2. The third kappa shape index (κ3) is 6.43. The molecule has 0 bridgehead atoms. The van der Waals surface area contributed by atoms with E-state index in [1.54, 1.807) is 6.07 Å². The van der Waals surface area contributed by atoms with Crippen LogP contribution < -0.4 is 4.74 Å². The van der Waals surface area contributed by atoms with Crippen LogP contribution in [0.25, 0.3) is 0 Å². The summed E-state index contributed by atoms with van der Waals surface area (Å²) in [5.41, 5.74) is 0.380. The van der Waals surface area contributed by atoms with E-state index in [-0.39, 0.29) is 5.04 Å². The van der Waals surface area contributed by atoms with E-state index >= 15 is 0 Å². The van der Waals surface area contributed by atoms with Gasteiger partial charge in [0.15, 0.2) is 8.32 Å². The molecule has 0 fully saturated rings. The Bertz CT molecular complexity index is 595. The second-order valence-electron chi connectivity index (χ2n) is 6.71. The van der Waals surface area contributed by atoms with Gasteiger partial charge in [0.25, 0.3) is 10.1 Å². The third-order valence-corrected chi connectivity index (χ3v) is 8.98. The molecule has 1 aromatic heterocycles.